The second-order valence-electron chi connectivity index (χ2n) is 9.30. The number of halogens is 4. The summed E-state index contributed by atoms with van der Waals surface area (Å²) in [6.45, 7) is 0. The highest BCUT2D eigenvalue weighted by molar-refractivity contribution is 7.98. The molecule has 0 saturated carbocycles. The average molecular weight is 610 g/mol. The normalized spacial score (nSPS) is 11.8. The largest absolute Gasteiger partial charge is 0.345 e. The monoisotopic (exact) mass is 608 g/mol. The van der Waals surface area contributed by atoms with E-state index in [-0.39, 0.29) is 24.0 Å². The highest BCUT2D eigenvalue weighted by Gasteiger charge is 2.26. The standard InChI is InChI=1S/C31H24Cl2F2N4OS/c32-23-10-15-28(26(33)18-23)39-30(37-38-31(39)41-19-22-8-13-25(35)14-9-22)27(16-20-4-2-1-3-5-20)36-29(40)17-21-6-11-24(34)12-7-21/h1-15,18,27H,16-17,19H2,(H,36,40). The summed E-state index contributed by atoms with van der Waals surface area (Å²) in [5.41, 5.74) is 3.17. The Morgan fingerprint density at radius 3 is 2.15 bits per heavy atom. The fourth-order valence-electron chi connectivity index (χ4n) is 4.31. The van der Waals surface area contributed by atoms with Gasteiger partial charge in [-0.1, -0.05) is 89.6 Å². The second-order valence-corrected chi connectivity index (χ2v) is 11.1. The number of carbonyl (C=O) groups is 1. The van der Waals surface area contributed by atoms with Gasteiger partial charge in [-0.25, -0.2) is 8.78 Å². The van der Waals surface area contributed by atoms with E-state index in [1.165, 1.54) is 36.0 Å². The van der Waals surface area contributed by atoms with Crippen molar-refractivity contribution in [2.45, 2.75) is 29.8 Å². The molecular formula is C31H24Cl2F2N4OS. The van der Waals surface area contributed by atoms with Crippen LogP contribution < -0.4 is 5.32 Å². The molecule has 208 valence electrons. The fourth-order valence-corrected chi connectivity index (χ4v) is 5.71. The summed E-state index contributed by atoms with van der Waals surface area (Å²) in [5.74, 6) is 0.0538. The number of aromatic nitrogens is 3. The Balaban J connectivity index is 1.51. The van der Waals surface area contributed by atoms with E-state index in [9.17, 15) is 13.6 Å². The molecular weight excluding hydrogens is 585 g/mol. The zero-order chi connectivity index (χ0) is 28.8. The molecule has 0 saturated heterocycles. The van der Waals surface area contributed by atoms with Gasteiger partial charge in [-0.15, -0.1) is 10.2 Å². The Bertz CT molecular complexity index is 1630. The third-order valence-corrected chi connectivity index (χ3v) is 7.84. The molecule has 41 heavy (non-hydrogen) atoms. The van der Waals surface area contributed by atoms with Crippen LogP contribution >= 0.6 is 35.0 Å². The number of nitrogens with one attached hydrogen (secondary N) is 1. The minimum Gasteiger partial charge on any atom is -0.345 e. The topological polar surface area (TPSA) is 59.8 Å². The maximum Gasteiger partial charge on any atom is 0.225 e. The van der Waals surface area contributed by atoms with Crippen LogP contribution in [0.25, 0.3) is 5.69 Å². The lowest BCUT2D eigenvalue weighted by atomic mass is 10.0. The minimum atomic E-state index is -0.579. The molecule has 0 fully saturated rings. The van der Waals surface area contributed by atoms with Gasteiger partial charge in [0.2, 0.25) is 5.91 Å². The van der Waals surface area contributed by atoms with E-state index in [1.807, 2.05) is 34.9 Å². The summed E-state index contributed by atoms with van der Waals surface area (Å²) in [4.78, 5) is 13.2. The number of hydrogen-bond acceptors (Lipinski definition) is 4. The molecule has 0 bridgehead atoms. The third-order valence-electron chi connectivity index (χ3n) is 6.30. The van der Waals surface area contributed by atoms with E-state index < -0.39 is 6.04 Å². The lowest BCUT2D eigenvalue weighted by Gasteiger charge is -2.21. The Morgan fingerprint density at radius 1 is 0.829 bits per heavy atom. The molecule has 5 nitrogen and oxygen atoms in total. The minimum absolute atomic E-state index is 0.0631. The SMILES string of the molecule is O=C(Cc1ccc(F)cc1)NC(Cc1ccccc1)c1nnc(SCc2ccc(F)cc2)n1-c1ccc(Cl)cc1Cl. The quantitative estimate of drug-likeness (QED) is 0.164. The Hall–Kier alpha value is -3.72. The van der Waals surface area contributed by atoms with Crippen molar-refractivity contribution in [3.8, 4) is 5.69 Å². The van der Waals surface area contributed by atoms with Crippen molar-refractivity contribution in [3.63, 3.8) is 0 Å². The van der Waals surface area contributed by atoms with Crippen LogP contribution in [0.4, 0.5) is 8.78 Å². The first-order chi connectivity index (χ1) is 19.9. The van der Waals surface area contributed by atoms with Crippen molar-refractivity contribution in [2.75, 3.05) is 0 Å². The van der Waals surface area contributed by atoms with Gasteiger partial charge in [0.1, 0.15) is 11.6 Å². The first kappa shape index (κ1) is 28.8. The molecule has 1 N–H and O–H groups in total. The molecule has 1 atom stereocenters. The number of carbonyl (C=O) groups excluding carboxylic acids is 1. The molecule has 0 spiro atoms. The summed E-state index contributed by atoms with van der Waals surface area (Å²) in [5, 5.41) is 13.5. The molecule has 4 aromatic carbocycles. The number of rotatable bonds is 10. The van der Waals surface area contributed by atoms with Crippen LogP contribution in [0.5, 0.6) is 0 Å². The van der Waals surface area contributed by atoms with Crippen LogP contribution in [-0.2, 0) is 23.4 Å². The summed E-state index contributed by atoms with van der Waals surface area (Å²) < 4.78 is 28.6. The third kappa shape index (κ3) is 7.52. The zero-order valence-corrected chi connectivity index (χ0v) is 23.9. The van der Waals surface area contributed by atoms with Crippen molar-refractivity contribution < 1.29 is 13.6 Å². The van der Waals surface area contributed by atoms with Gasteiger partial charge < -0.3 is 5.32 Å². The van der Waals surface area contributed by atoms with Gasteiger partial charge >= 0.3 is 0 Å². The Kier molecular flexibility index (Phi) is 9.34. The maximum atomic E-state index is 13.4. The highest BCUT2D eigenvalue weighted by atomic mass is 35.5. The average Bonchev–Trinajstić information content (AvgIpc) is 3.38. The first-order valence-electron chi connectivity index (χ1n) is 12.7. The van der Waals surface area contributed by atoms with E-state index in [0.29, 0.717) is 44.5 Å². The van der Waals surface area contributed by atoms with E-state index in [2.05, 4.69) is 15.5 Å². The lowest BCUT2D eigenvalue weighted by Crippen LogP contribution is -2.33. The zero-order valence-electron chi connectivity index (χ0n) is 21.6. The molecule has 0 radical (unpaired) electrons. The van der Waals surface area contributed by atoms with Gasteiger partial charge in [0.25, 0.3) is 0 Å². The Morgan fingerprint density at radius 2 is 1.49 bits per heavy atom. The van der Waals surface area contributed by atoms with E-state index in [1.54, 1.807) is 42.5 Å². The fraction of sp³-hybridized carbons (Fsp3) is 0.129. The van der Waals surface area contributed by atoms with Gasteiger partial charge in [-0.05, 0) is 65.6 Å². The molecule has 0 aliphatic rings. The molecule has 5 aromatic rings. The van der Waals surface area contributed by atoms with E-state index in [0.717, 1.165) is 11.1 Å². The van der Waals surface area contributed by atoms with Gasteiger partial charge in [0.05, 0.1) is 23.2 Å². The molecule has 1 aromatic heterocycles. The summed E-state index contributed by atoms with van der Waals surface area (Å²) in [6.07, 6.45) is 0.496. The number of benzene rings is 4. The van der Waals surface area contributed by atoms with Crippen LogP contribution in [0.2, 0.25) is 10.0 Å². The molecule has 0 aliphatic heterocycles. The van der Waals surface area contributed by atoms with Gasteiger partial charge in [-0.2, -0.15) is 0 Å². The number of amides is 1. The molecule has 1 heterocycles. The molecule has 1 unspecified atom stereocenters. The summed E-state index contributed by atoms with van der Waals surface area (Å²) >= 11 is 14.3. The van der Waals surface area contributed by atoms with E-state index in [4.69, 9.17) is 23.2 Å². The van der Waals surface area contributed by atoms with Crippen LogP contribution in [0.1, 0.15) is 28.6 Å². The van der Waals surface area contributed by atoms with Crippen LogP contribution in [0, 0.1) is 11.6 Å². The number of thioether (sulfide) groups is 1. The van der Waals surface area contributed by atoms with Crippen molar-refractivity contribution in [3.05, 3.63) is 141 Å². The van der Waals surface area contributed by atoms with Crippen molar-refractivity contribution in [1.82, 2.24) is 20.1 Å². The number of nitrogens with zero attached hydrogens (tertiary/aromatic N) is 3. The predicted octanol–water partition coefficient (Wildman–Crippen LogP) is 7.79. The second kappa shape index (κ2) is 13.3. The van der Waals surface area contributed by atoms with Crippen LogP contribution in [0.3, 0.4) is 0 Å². The van der Waals surface area contributed by atoms with Gasteiger partial charge in [0.15, 0.2) is 11.0 Å². The van der Waals surface area contributed by atoms with E-state index >= 15 is 0 Å². The maximum absolute atomic E-state index is 13.4. The Labute approximate surface area is 250 Å². The van der Waals surface area contributed by atoms with Crippen molar-refractivity contribution >= 4 is 40.9 Å². The summed E-state index contributed by atoms with van der Waals surface area (Å²) in [6, 6.07) is 26.4. The lowest BCUT2D eigenvalue weighted by molar-refractivity contribution is -0.121. The molecule has 1 amide bonds. The smallest absolute Gasteiger partial charge is 0.225 e. The van der Waals surface area contributed by atoms with Crippen molar-refractivity contribution in [2.24, 2.45) is 0 Å². The molecule has 0 aliphatic carbocycles. The van der Waals surface area contributed by atoms with Gasteiger partial charge in [-0.3, -0.25) is 9.36 Å². The highest BCUT2D eigenvalue weighted by Crippen LogP contribution is 2.33. The first-order valence-corrected chi connectivity index (χ1v) is 14.5. The van der Waals surface area contributed by atoms with Crippen LogP contribution in [0.15, 0.2) is 102 Å². The molecule has 5 rings (SSSR count). The molecule has 10 heteroatoms. The number of hydrogen-bond donors (Lipinski definition) is 1. The van der Waals surface area contributed by atoms with Gasteiger partial charge in [0, 0.05) is 10.8 Å². The summed E-state index contributed by atoms with van der Waals surface area (Å²) in [7, 11) is 0. The predicted molar refractivity (Wildman–Crippen MR) is 158 cm³/mol. The van der Waals surface area contributed by atoms with Crippen LogP contribution in [-0.4, -0.2) is 20.7 Å². The van der Waals surface area contributed by atoms with Crippen molar-refractivity contribution in [1.29, 1.82) is 0 Å².